The van der Waals surface area contributed by atoms with E-state index < -0.39 is 0 Å². The van der Waals surface area contributed by atoms with Crippen LogP contribution >= 0.6 is 11.6 Å². The third-order valence-electron chi connectivity index (χ3n) is 10.1. The van der Waals surface area contributed by atoms with Gasteiger partial charge >= 0.3 is 0 Å². The molecule has 0 unspecified atom stereocenters. The van der Waals surface area contributed by atoms with Crippen molar-refractivity contribution in [2.45, 2.75) is 71.1 Å². The minimum absolute atomic E-state index is 0.251. The van der Waals surface area contributed by atoms with Gasteiger partial charge in [-0.05, 0) is 110 Å². The molecular formula is C28H33ClN2O. The zero-order valence-corrected chi connectivity index (χ0v) is 19.9. The quantitative estimate of drug-likeness (QED) is 0.489. The van der Waals surface area contributed by atoms with E-state index in [9.17, 15) is 4.79 Å². The maximum Gasteiger partial charge on any atom is 0.155 e. The standard InChI is InChI=1S/C28H33ClN2O/c1-27-14-11-21(32)17-18(27)3-8-22-23-9-10-25(28(23,2)15-12-24(22)27)26-13-16-30-31(26)20-6-4-19(29)5-7-20/h4-7,13,16-17,22-25H,3,8-12,14-15H2,1-2H3/t22-,23-,24-,25+,27-,28-/m0/s1. The molecule has 32 heavy (non-hydrogen) atoms. The highest BCUT2D eigenvalue weighted by atomic mass is 35.5. The average molecular weight is 449 g/mol. The molecule has 1 aromatic heterocycles. The van der Waals surface area contributed by atoms with Crippen molar-refractivity contribution in [3.05, 3.63) is 58.9 Å². The van der Waals surface area contributed by atoms with Gasteiger partial charge in [0, 0.05) is 29.3 Å². The zero-order chi connectivity index (χ0) is 22.1. The molecule has 6 atom stereocenters. The molecule has 4 heteroatoms. The predicted molar refractivity (Wildman–Crippen MR) is 128 cm³/mol. The van der Waals surface area contributed by atoms with Gasteiger partial charge < -0.3 is 0 Å². The van der Waals surface area contributed by atoms with Crippen molar-refractivity contribution in [3.8, 4) is 5.69 Å². The van der Waals surface area contributed by atoms with Crippen LogP contribution in [0.5, 0.6) is 0 Å². The predicted octanol–water partition coefficient (Wildman–Crippen LogP) is 7.14. The first-order valence-electron chi connectivity index (χ1n) is 12.4. The Balaban J connectivity index is 1.32. The summed E-state index contributed by atoms with van der Waals surface area (Å²) in [5.74, 6) is 3.21. The molecule has 0 amide bonds. The number of halogens is 1. The molecule has 168 valence electrons. The Bertz CT molecular complexity index is 1090. The van der Waals surface area contributed by atoms with Gasteiger partial charge in [0.15, 0.2) is 5.78 Å². The van der Waals surface area contributed by atoms with E-state index in [-0.39, 0.29) is 5.41 Å². The summed E-state index contributed by atoms with van der Waals surface area (Å²) in [4.78, 5) is 12.1. The number of hydrogen-bond acceptors (Lipinski definition) is 2. The Morgan fingerprint density at radius 3 is 2.59 bits per heavy atom. The number of carbonyl (C=O) groups is 1. The van der Waals surface area contributed by atoms with Gasteiger partial charge in [-0.15, -0.1) is 0 Å². The first kappa shape index (κ1) is 20.7. The Labute approximate surface area is 196 Å². The average Bonchev–Trinajstić information content (AvgIpc) is 3.38. The van der Waals surface area contributed by atoms with Gasteiger partial charge in [-0.1, -0.05) is 31.0 Å². The largest absolute Gasteiger partial charge is 0.295 e. The number of allylic oxidation sites excluding steroid dienone is 1. The summed E-state index contributed by atoms with van der Waals surface area (Å²) >= 11 is 6.13. The highest BCUT2D eigenvalue weighted by Gasteiger charge is 2.59. The number of carbonyl (C=O) groups excluding carboxylic acids is 1. The van der Waals surface area contributed by atoms with Crippen LogP contribution in [-0.4, -0.2) is 15.6 Å². The molecule has 0 saturated heterocycles. The molecule has 3 nitrogen and oxygen atoms in total. The van der Waals surface area contributed by atoms with E-state index in [0.29, 0.717) is 17.1 Å². The molecule has 4 aliphatic carbocycles. The van der Waals surface area contributed by atoms with E-state index in [2.05, 4.69) is 36.7 Å². The van der Waals surface area contributed by atoms with Crippen molar-refractivity contribution >= 4 is 17.4 Å². The number of benzene rings is 1. The van der Waals surface area contributed by atoms with Crippen molar-refractivity contribution in [1.29, 1.82) is 0 Å². The van der Waals surface area contributed by atoms with Crippen LogP contribution in [0.25, 0.3) is 5.69 Å². The second kappa shape index (κ2) is 7.32. The van der Waals surface area contributed by atoms with Crippen molar-refractivity contribution in [2.75, 3.05) is 0 Å². The second-order valence-corrected chi connectivity index (χ2v) is 11.7. The normalized spacial score (nSPS) is 38.6. The van der Waals surface area contributed by atoms with Gasteiger partial charge in [-0.2, -0.15) is 5.10 Å². The van der Waals surface area contributed by atoms with E-state index in [1.165, 1.54) is 43.4 Å². The van der Waals surface area contributed by atoms with Gasteiger partial charge in [0.25, 0.3) is 0 Å². The molecule has 0 N–H and O–H groups in total. The summed E-state index contributed by atoms with van der Waals surface area (Å²) in [6.45, 7) is 5.05. The molecule has 3 saturated carbocycles. The molecule has 3 fully saturated rings. The third-order valence-corrected chi connectivity index (χ3v) is 10.3. The monoisotopic (exact) mass is 448 g/mol. The molecule has 0 aliphatic heterocycles. The van der Waals surface area contributed by atoms with Crippen molar-refractivity contribution in [3.63, 3.8) is 0 Å². The summed E-state index contributed by atoms with van der Waals surface area (Å²) < 4.78 is 2.15. The van der Waals surface area contributed by atoms with E-state index >= 15 is 0 Å². The summed E-state index contributed by atoms with van der Waals surface area (Å²) in [5, 5.41) is 5.48. The van der Waals surface area contributed by atoms with Crippen LogP contribution in [0.3, 0.4) is 0 Å². The van der Waals surface area contributed by atoms with Crippen LogP contribution in [0.15, 0.2) is 48.2 Å². The van der Waals surface area contributed by atoms with Gasteiger partial charge in [0.2, 0.25) is 0 Å². The van der Waals surface area contributed by atoms with Crippen LogP contribution in [0.2, 0.25) is 5.02 Å². The maximum atomic E-state index is 12.1. The van der Waals surface area contributed by atoms with Crippen LogP contribution in [0.4, 0.5) is 0 Å². The Morgan fingerprint density at radius 1 is 0.969 bits per heavy atom. The van der Waals surface area contributed by atoms with E-state index in [1.807, 2.05) is 24.4 Å². The SMILES string of the molecule is C[C@]12CC[C@H]3[C@@H](CCC4=CC(=O)CC[C@@]43C)[C@@H]1CC[C@@H]2c1ccnn1-c1ccc(Cl)cc1. The third kappa shape index (κ3) is 2.93. The maximum absolute atomic E-state index is 12.1. The van der Waals surface area contributed by atoms with Crippen molar-refractivity contribution in [1.82, 2.24) is 9.78 Å². The van der Waals surface area contributed by atoms with Crippen molar-refractivity contribution in [2.24, 2.45) is 28.6 Å². The molecule has 1 aromatic carbocycles. The molecule has 0 radical (unpaired) electrons. The fourth-order valence-electron chi connectivity index (χ4n) is 8.42. The van der Waals surface area contributed by atoms with Gasteiger partial charge in [0.05, 0.1) is 5.69 Å². The molecule has 0 spiro atoms. The summed E-state index contributed by atoms with van der Waals surface area (Å²) in [7, 11) is 0. The van der Waals surface area contributed by atoms with E-state index in [4.69, 9.17) is 16.7 Å². The number of nitrogens with zero attached hydrogens (tertiary/aromatic N) is 2. The minimum atomic E-state index is 0.251. The summed E-state index contributed by atoms with van der Waals surface area (Å²) in [6, 6.07) is 10.3. The number of ketones is 1. The number of aromatic nitrogens is 2. The van der Waals surface area contributed by atoms with Gasteiger partial charge in [-0.3, -0.25) is 4.79 Å². The number of fused-ring (bicyclic) bond motifs is 5. The molecule has 2 aromatic rings. The Morgan fingerprint density at radius 2 is 1.78 bits per heavy atom. The first-order valence-corrected chi connectivity index (χ1v) is 12.8. The zero-order valence-electron chi connectivity index (χ0n) is 19.2. The van der Waals surface area contributed by atoms with Gasteiger partial charge in [-0.25, -0.2) is 4.68 Å². The van der Waals surface area contributed by atoms with Crippen LogP contribution < -0.4 is 0 Å². The highest BCUT2D eigenvalue weighted by Crippen LogP contribution is 2.68. The van der Waals surface area contributed by atoms with Crippen LogP contribution in [-0.2, 0) is 4.79 Å². The first-order chi connectivity index (χ1) is 15.4. The smallest absolute Gasteiger partial charge is 0.155 e. The van der Waals surface area contributed by atoms with Gasteiger partial charge in [0.1, 0.15) is 0 Å². The van der Waals surface area contributed by atoms with Crippen LogP contribution in [0, 0.1) is 28.6 Å². The highest BCUT2D eigenvalue weighted by molar-refractivity contribution is 6.30. The Kier molecular flexibility index (Phi) is 4.74. The topological polar surface area (TPSA) is 34.9 Å². The fraction of sp³-hybridized carbons (Fsp3) is 0.571. The molecule has 4 aliphatic rings. The van der Waals surface area contributed by atoms with E-state index in [1.54, 1.807) is 0 Å². The lowest BCUT2D eigenvalue weighted by Crippen LogP contribution is -2.50. The lowest BCUT2D eigenvalue weighted by atomic mass is 9.47. The summed E-state index contributed by atoms with van der Waals surface area (Å²) in [5.41, 5.74) is 4.51. The Hall–Kier alpha value is -1.87. The van der Waals surface area contributed by atoms with Crippen LogP contribution in [0.1, 0.15) is 76.8 Å². The number of hydrogen-bond donors (Lipinski definition) is 0. The summed E-state index contributed by atoms with van der Waals surface area (Å²) in [6.07, 6.45) is 13.3. The molecule has 0 bridgehead atoms. The lowest BCUT2D eigenvalue weighted by molar-refractivity contribution is -0.117. The molecule has 1 heterocycles. The molecule has 6 rings (SSSR count). The molecular weight excluding hydrogens is 416 g/mol. The van der Waals surface area contributed by atoms with E-state index in [0.717, 1.165) is 47.7 Å². The fourth-order valence-corrected chi connectivity index (χ4v) is 8.55. The van der Waals surface area contributed by atoms with Crippen molar-refractivity contribution < 1.29 is 4.79 Å². The second-order valence-electron chi connectivity index (χ2n) is 11.3. The lowest BCUT2D eigenvalue weighted by Gasteiger charge is -2.58. The minimum Gasteiger partial charge on any atom is -0.295 e. The number of rotatable bonds is 2.